The molecular weight excluding hydrogens is 260 g/mol. The number of rotatable bonds is 2. The number of fused-ring (bicyclic) bond motifs is 1. The summed E-state index contributed by atoms with van der Waals surface area (Å²) in [4.78, 5) is 18.7. The number of halogens is 1. The number of nitrogens with one attached hydrogen (secondary N) is 1. The van der Waals surface area contributed by atoms with E-state index in [0.717, 1.165) is 9.99 Å². The normalized spacial score (nSPS) is 10.5. The summed E-state index contributed by atoms with van der Waals surface area (Å²) >= 11 is 3.31. The van der Waals surface area contributed by atoms with Crippen molar-refractivity contribution in [3.05, 3.63) is 28.5 Å². The third kappa shape index (κ3) is 1.87. The average Bonchev–Trinajstić information content (AvgIpc) is 2.60. The van der Waals surface area contributed by atoms with E-state index in [1.54, 1.807) is 19.3 Å². The number of nitrogens with zero attached hydrogens (tertiary/aromatic N) is 1. The van der Waals surface area contributed by atoms with Gasteiger partial charge in [-0.1, -0.05) is 0 Å². The number of aromatic amines is 1. The Labute approximate surface area is 94.8 Å². The van der Waals surface area contributed by atoms with Crippen LogP contribution in [0.1, 0.15) is 17.3 Å². The van der Waals surface area contributed by atoms with Gasteiger partial charge in [0.1, 0.15) is 11.1 Å². The number of pyridine rings is 1. The monoisotopic (exact) mass is 268 g/mol. The zero-order valence-electron chi connectivity index (χ0n) is 8.08. The maximum absolute atomic E-state index is 11.5. The molecule has 0 spiro atoms. The summed E-state index contributed by atoms with van der Waals surface area (Å²) in [6.07, 6.45) is 3.26. The fraction of sp³-hybridized carbons (Fsp3) is 0.200. The Morgan fingerprint density at radius 1 is 1.67 bits per heavy atom. The van der Waals surface area contributed by atoms with Gasteiger partial charge in [-0.2, -0.15) is 0 Å². The lowest BCUT2D eigenvalue weighted by Gasteiger charge is -1.98. The van der Waals surface area contributed by atoms with Crippen LogP contribution >= 0.6 is 15.9 Å². The molecule has 0 aliphatic rings. The summed E-state index contributed by atoms with van der Waals surface area (Å²) in [5.74, 6) is -0.349. The molecule has 2 aromatic heterocycles. The van der Waals surface area contributed by atoms with Crippen LogP contribution in [0.3, 0.4) is 0 Å². The fourth-order valence-electron chi connectivity index (χ4n) is 1.35. The first-order chi connectivity index (χ1) is 7.22. The fourth-order valence-corrected chi connectivity index (χ4v) is 1.68. The van der Waals surface area contributed by atoms with Crippen LogP contribution in [-0.4, -0.2) is 22.5 Å². The van der Waals surface area contributed by atoms with Crippen LogP contribution in [0.25, 0.3) is 11.0 Å². The molecule has 2 aromatic rings. The molecule has 0 saturated heterocycles. The second-order valence-electron chi connectivity index (χ2n) is 2.97. The highest BCUT2D eigenvalue weighted by atomic mass is 79.9. The predicted molar refractivity (Wildman–Crippen MR) is 59.8 cm³/mol. The number of esters is 1. The number of ether oxygens (including phenoxy) is 1. The summed E-state index contributed by atoms with van der Waals surface area (Å²) < 4.78 is 5.78. The molecule has 0 unspecified atom stereocenters. The van der Waals surface area contributed by atoms with E-state index in [2.05, 4.69) is 25.9 Å². The van der Waals surface area contributed by atoms with Gasteiger partial charge in [0.15, 0.2) is 0 Å². The van der Waals surface area contributed by atoms with Crippen molar-refractivity contribution in [3.63, 3.8) is 0 Å². The van der Waals surface area contributed by atoms with Gasteiger partial charge in [0.25, 0.3) is 0 Å². The average molecular weight is 269 g/mol. The van der Waals surface area contributed by atoms with Gasteiger partial charge in [-0.25, -0.2) is 4.79 Å². The molecule has 0 aliphatic carbocycles. The zero-order valence-corrected chi connectivity index (χ0v) is 9.67. The molecule has 0 atom stereocenters. The molecule has 0 amide bonds. The van der Waals surface area contributed by atoms with E-state index in [9.17, 15) is 4.79 Å². The Morgan fingerprint density at radius 2 is 2.47 bits per heavy atom. The van der Waals surface area contributed by atoms with Crippen molar-refractivity contribution in [1.82, 2.24) is 9.97 Å². The molecule has 4 nitrogen and oxygen atoms in total. The topological polar surface area (TPSA) is 55.0 Å². The highest BCUT2D eigenvalue weighted by molar-refractivity contribution is 9.10. The number of hydrogen-bond donors (Lipinski definition) is 1. The molecular formula is C10H9BrN2O2. The van der Waals surface area contributed by atoms with Crippen molar-refractivity contribution in [2.45, 2.75) is 6.92 Å². The lowest BCUT2D eigenvalue weighted by atomic mass is 10.3. The summed E-state index contributed by atoms with van der Waals surface area (Å²) in [5.41, 5.74) is 1.92. The quantitative estimate of drug-likeness (QED) is 0.852. The highest BCUT2D eigenvalue weighted by Gasteiger charge is 2.13. The van der Waals surface area contributed by atoms with Gasteiger partial charge < -0.3 is 9.72 Å². The molecule has 0 aromatic carbocycles. The van der Waals surface area contributed by atoms with Crippen LogP contribution in [0, 0.1) is 0 Å². The van der Waals surface area contributed by atoms with Gasteiger partial charge in [-0.3, -0.25) is 4.98 Å². The van der Waals surface area contributed by atoms with Crippen LogP contribution in [0.15, 0.2) is 22.9 Å². The molecule has 5 heteroatoms. The first-order valence-corrected chi connectivity index (χ1v) is 5.31. The summed E-state index contributed by atoms with van der Waals surface area (Å²) in [6.45, 7) is 2.14. The summed E-state index contributed by atoms with van der Waals surface area (Å²) in [5, 5.41) is 0. The molecule has 15 heavy (non-hydrogen) atoms. The Balaban J connectivity index is 2.49. The molecule has 0 bridgehead atoms. The van der Waals surface area contributed by atoms with E-state index < -0.39 is 0 Å². The Morgan fingerprint density at radius 3 is 3.20 bits per heavy atom. The maximum atomic E-state index is 11.5. The molecule has 1 N–H and O–H groups in total. The van der Waals surface area contributed by atoms with Crippen molar-refractivity contribution in [3.8, 4) is 0 Å². The van der Waals surface area contributed by atoms with Crippen molar-refractivity contribution in [2.24, 2.45) is 0 Å². The molecule has 0 aliphatic heterocycles. The van der Waals surface area contributed by atoms with Crippen molar-refractivity contribution < 1.29 is 9.53 Å². The Hall–Kier alpha value is -1.36. The van der Waals surface area contributed by atoms with Gasteiger partial charge in [0.05, 0.1) is 12.1 Å². The molecule has 2 rings (SSSR count). The lowest BCUT2D eigenvalue weighted by Crippen LogP contribution is -2.03. The van der Waals surface area contributed by atoms with Crippen LogP contribution < -0.4 is 0 Å². The smallest absolute Gasteiger partial charge is 0.341 e. The van der Waals surface area contributed by atoms with E-state index >= 15 is 0 Å². The number of H-pyrrole nitrogens is 1. The Bertz CT molecular complexity index is 507. The van der Waals surface area contributed by atoms with E-state index in [0.29, 0.717) is 17.7 Å². The highest BCUT2D eigenvalue weighted by Crippen LogP contribution is 2.20. The molecule has 0 radical (unpaired) electrons. The van der Waals surface area contributed by atoms with E-state index in [4.69, 9.17) is 4.74 Å². The summed E-state index contributed by atoms with van der Waals surface area (Å²) in [6, 6.07) is 1.87. The number of aromatic nitrogens is 2. The Kier molecular flexibility index (Phi) is 2.73. The predicted octanol–water partition coefficient (Wildman–Crippen LogP) is 2.50. The van der Waals surface area contributed by atoms with Gasteiger partial charge >= 0.3 is 5.97 Å². The minimum atomic E-state index is -0.349. The zero-order chi connectivity index (χ0) is 10.8. The maximum Gasteiger partial charge on any atom is 0.341 e. The largest absolute Gasteiger partial charge is 0.462 e. The van der Waals surface area contributed by atoms with Crippen molar-refractivity contribution in [1.29, 1.82) is 0 Å². The van der Waals surface area contributed by atoms with Crippen molar-refractivity contribution in [2.75, 3.05) is 6.61 Å². The number of carbonyl (C=O) groups is 1. The van der Waals surface area contributed by atoms with Gasteiger partial charge in [0.2, 0.25) is 0 Å². The molecule has 78 valence electrons. The lowest BCUT2D eigenvalue weighted by molar-refractivity contribution is 0.0528. The van der Waals surface area contributed by atoms with Crippen molar-refractivity contribution >= 4 is 32.9 Å². The second-order valence-corrected chi connectivity index (χ2v) is 3.89. The first kappa shape index (κ1) is 10.2. The van der Waals surface area contributed by atoms with Gasteiger partial charge in [-0.15, -0.1) is 0 Å². The van der Waals surface area contributed by atoms with Gasteiger partial charge in [0, 0.05) is 16.9 Å². The van der Waals surface area contributed by atoms with E-state index in [1.807, 2.05) is 6.07 Å². The van der Waals surface area contributed by atoms with Crippen LogP contribution in [0.2, 0.25) is 0 Å². The van der Waals surface area contributed by atoms with Crippen LogP contribution in [0.5, 0.6) is 0 Å². The third-order valence-electron chi connectivity index (χ3n) is 1.98. The van der Waals surface area contributed by atoms with E-state index in [-0.39, 0.29) is 5.97 Å². The molecule has 2 heterocycles. The second kappa shape index (κ2) is 4.02. The number of hydrogen-bond acceptors (Lipinski definition) is 3. The number of carbonyl (C=O) groups excluding carboxylic acids is 1. The van der Waals surface area contributed by atoms with Gasteiger partial charge in [-0.05, 0) is 28.9 Å². The third-order valence-corrected chi connectivity index (χ3v) is 2.41. The molecule has 0 saturated carbocycles. The van der Waals surface area contributed by atoms with Crippen LogP contribution in [-0.2, 0) is 4.74 Å². The molecule has 0 fully saturated rings. The summed E-state index contributed by atoms with van der Waals surface area (Å²) in [7, 11) is 0. The van der Waals surface area contributed by atoms with Crippen LogP contribution in [0.4, 0.5) is 0 Å². The minimum absolute atomic E-state index is 0.349. The minimum Gasteiger partial charge on any atom is -0.462 e. The van der Waals surface area contributed by atoms with E-state index in [1.165, 1.54) is 0 Å². The first-order valence-electron chi connectivity index (χ1n) is 4.52. The standard InChI is InChI=1S/C10H9BrN2O2/c1-2-15-10(14)7-5-12-8-3-6(11)4-13-9(7)8/h3-5,12H,2H2,1H3. The SMILES string of the molecule is CCOC(=O)c1c[nH]c2cc(Br)cnc12.